The molecule has 1 aliphatic heterocycles. The number of alkyl halides is 2. The average Bonchev–Trinajstić information content (AvgIpc) is 2.96. The molecule has 6 nitrogen and oxygen atoms in total. The number of carbonyl (C=O) groups is 2. The Morgan fingerprint density at radius 3 is 2.73 bits per heavy atom. The van der Waals surface area contributed by atoms with Gasteiger partial charge >= 0.3 is 0 Å². The smallest absolute Gasteiger partial charge is 0.274 e. The molecule has 1 atom stereocenters. The minimum absolute atomic E-state index is 0.0122. The van der Waals surface area contributed by atoms with Crippen molar-refractivity contribution in [2.75, 3.05) is 11.4 Å². The number of nitrogens with one attached hydrogen (secondary N) is 1. The Balaban J connectivity index is 1.62. The van der Waals surface area contributed by atoms with Gasteiger partial charge in [0.05, 0.1) is 18.0 Å². The summed E-state index contributed by atoms with van der Waals surface area (Å²) in [5, 5.41) is 2.50. The van der Waals surface area contributed by atoms with Crippen molar-refractivity contribution < 1.29 is 22.8 Å². The Labute approximate surface area is 170 Å². The first-order chi connectivity index (χ1) is 14.2. The lowest BCUT2D eigenvalue weighted by molar-refractivity contribution is -0.129. The van der Waals surface area contributed by atoms with Crippen molar-refractivity contribution in [1.82, 2.24) is 15.3 Å². The van der Waals surface area contributed by atoms with Crippen molar-refractivity contribution in [3.05, 3.63) is 65.5 Å². The van der Waals surface area contributed by atoms with E-state index in [9.17, 15) is 22.8 Å². The normalized spacial score (nSPS) is 22.9. The minimum Gasteiger partial charge on any atom is -0.324 e. The van der Waals surface area contributed by atoms with Crippen LogP contribution in [-0.4, -0.2) is 34.2 Å². The molecule has 1 spiro atoms. The molecular formula is C21H19F3N4O2. The largest absolute Gasteiger partial charge is 0.324 e. The zero-order chi connectivity index (χ0) is 21.5. The van der Waals surface area contributed by atoms with Gasteiger partial charge in [0.1, 0.15) is 17.3 Å². The van der Waals surface area contributed by atoms with Crippen LogP contribution in [0.2, 0.25) is 0 Å². The molecule has 0 radical (unpaired) electrons. The van der Waals surface area contributed by atoms with Crippen LogP contribution in [0.25, 0.3) is 0 Å². The number of hydrogen-bond acceptors (Lipinski definition) is 4. The first-order valence-electron chi connectivity index (χ1n) is 9.46. The Morgan fingerprint density at radius 2 is 2.03 bits per heavy atom. The standard InChI is InChI=1S/C21H19F3N4O2/c1-13-3-2-4-16(26-13)18(29)27-15-9-20(12-21(23,24)10-15)7-8-28(19(20)30)17-6-5-14(22)11-25-17/h2-6,9,11H,7-8,10,12H2,1H3,(H,27,29)/t20-/m0/s1. The summed E-state index contributed by atoms with van der Waals surface area (Å²) < 4.78 is 42.3. The molecule has 2 aliphatic rings. The lowest BCUT2D eigenvalue weighted by Crippen LogP contribution is -2.43. The number of allylic oxidation sites excluding steroid dienone is 1. The van der Waals surface area contributed by atoms with Crippen molar-refractivity contribution >= 4 is 17.6 Å². The number of amides is 2. The SMILES string of the molecule is Cc1cccc(C(=O)NC2=C[C@@]3(CCN(c4ccc(F)cn4)C3=O)CC(F)(F)C2)n1. The molecule has 1 N–H and O–H groups in total. The summed E-state index contributed by atoms with van der Waals surface area (Å²) in [6.45, 7) is 1.89. The van der Waals surface area contributed by atoms with Gasteiger partial charge in [-0.2, -0.15) is 0 Å². The summed E-state index contributed by atoms with van der Waals surface area (Å²) in [4.78, 5) is 34.8. The number of halogens is 3. The van der Waals surface area contributed by atoms with Crippen molar-refractivity contribution in [3.8, 4) is 0 Å². The van der Waals surface area contributed by atoms with Crippen molar-refractivity contribution in [1.29, 1.82) is 0 Å². The maximum atomic E-state index is 14.6. The van der Waals surface area contributed by atoms with Crippen LogP contribution < -0.4 is 10.2 Å². The van der Waals surface area contributed by atoms with Crippen LogP contribution in [0, 0.1) is 18.2 Å². The monoisotopic (exact) mass is 416 g/mol. The number of aryl methyl sites for hydroxylation is 1. The molecule has 2 aromatic rings. The highest BCUT2D eigenvalue weighted by atomic mass is 19.3. The fourth-order valence-electron chi connectivity index (χ4n) is 4.03. The second-order valence-electron chi connectivity index (χ2n) is 7.69. The Bertz CT molecular complexity index is 1040. The number of pyridine rings is 2. The van der Waals surface area contributed by atoms with Crippen LogP contribution >= 0.6 is 0 Å². The Kier molecular flexibility index (Phi) is 4.83. The van der Waals surface area contributed by atoms with Crippen molar-refractivity contribution in [2.24, 2.45) is 5.41 Å². The van der Waals surface area contributed by atoms with Gasteiger partial charge in [0.15, 0.2) is 0 Å². The summed E-state index contributed by atoms with van der Waals surface area (Å²) in [6, 6.07) is 7.35. The van der Waals surface area contributed by atoms with Crippen molar-refractivity contribution in [2.45, 2.75) is 32.1 Å². The third-order valence-corrected chi connectivity index (χ3v) is 5.31. The molecule has 2 aromatic heterocycles. The summed E-state index contributed by atoms with van der Waals surface area (Å²) in [5.41, 5.74) is -0.744. The van der Waals surface area contributed by atoms with E-state index in [0.717, 1.165) is 12.3 Å². The molecule has 30 heavy (non-hydrogen) atoms. The Hall–Kier alpha value is -3.23. The van der Waals surface area contributed by atoms with E-state index in [1.165, 1.54) is 23.1 Å². The van der Waals surface area contributed by atoms with E-state index >= 15 is 0 Å². The van der Waals surface area contributed by atoms with E-state index in [1.807, 2.05) is 0 Å². The van der Waals surface area contributed by atoms with Crippen LogP contribution in [0.15, 0.2) is 48.3 Å². The molecule has 1 saturated heterocycles. The lowest BCUT2D eigenvalue weighted by Gasteiger charge is -2.34. The average molecular weight is 416 g/mol. The first kappa shape index (κ1) is 20.1. The van der Waals surface area contributed by atoms with Gasteiger partial charge in [-0.05, 0) is 43.7 Å². The first-order valence-corrected chi connectivity index (χ1v) is 9.46. The van der Waals surface area contributed by atoms with Gasteiger partial charge in [0, 0.05) is 24.4 Å². The molecule has 0 saturated carbocycles. The number of rotatable bonds is 3. The number of carbonyl (C=O) groups excluding carboxylic acids is 2. The number of anilines is 1. The van der Waals surface area contributed by atoms with E-state index in [4.69, 9.17) is 0 Å². The van der Waals surface area contributed by atoms with Crippen LogP contribution in [-0.2, 0) is 4.79 Å². The van der Waals surface area contributed by atoms with Gasteiger partial charge in [0.2, 0.25) is 5.91 Å². The number of nitrogens with zero attached hydrogens (tertiary/aromatic N) is 3. The second kappa shape index (κ2) is 7.23. The van der Waals surface area contributed by atoms with E-state index < -0.39 is 41.8 Å². The highest BCUT2D eigenvalue weighted by Gasteiger charge is 2.54. The van der Waals surface area contributed by atoms with Crippen LogP contribution in [0.5, 0.6) is 0 Å². The predicted octanol–water partition coefficient (Wildman–Crippen LogP) is 3.39. The summed E-state index contributed by atoms with van der Waals surface area (Å²) in [7, 11) is 0. The van der Waals surface area contributed by atoms with Crippen molar-refractivity contribution in [3.63, 3.8) is 0 Å². The predicted molar refractivity (Wildman–Crippen MR) is 102 cm³/mol. The summed E-state index contributed by atoms with van der Waals surface area (Å²) >= 11 is 0. The second-order valence-corrected chi connectivity index (χ2v) is 7.69. The molecule has 3 heterocycles. The van der Waals surface area contributed by atoms with Gasteiger partial charge in [-0.15, -0.1) is 0 Å². The molecule has 0 aromatic carbocycles. The van der Waals surface area contributed by atoms with E-state index in [2.05, 4.69) is 15.3 Å². The summed E-state index contributed by atoms with van der Waals surface area (Å²) in [6.07, 6.45) is 1.22. The lowest BCUT2D eigenvalue weighted by atomic mass is 9.75. The molecule has 1 fully saturated rings. The van der Waals surface area contributed by atoms with Gasteiger partial charge in [-0.3, -0.25) is 14.5 Å². The molecular weight excluding hydrogens is 397 g/mol. The van der Waals surface area contributed by atoms with E-state index in [-0.39, 0.29) is 30.2 Å². The maximum Gasteiger partial charge on any atom is 0.274 e. The van der Waals surface area contributed by atoms with Crippen LogP contribution in [0.3, 0.4) is 0 Å². The zero-order valence-corrected chi connectivity index (χ0v) is 16.2. The molecule has 156 valence electrons. The van der Waals surface area contributed by atoms with Gasteiger partial charge in [-0.1, -0.05) is 6.07 Å². The highest BCUT2D eigenvalue weighted by molar-refractivity contribution is 6.01. The van der Waals surface area contributed by atoms with Gasteiger partial charge < -0.3 is 5.32 Å². The van der Waals surface area contributed by atoms with Crippen LogP contribution in [0.4, 0.5) is 19.0 Å². The number of hydrogen-bond donors (Lipinski definition) is 1. The molecule has 2 amide bonds. The topological polar surface area (TPSA) is 75.2 Å². The highest BCUT2D eigenvalue weighted by Crippen LogP contribution is 2.49. The fraction of sp³-hybridized carbons (Fsp3) is 0.333. The molecule has 0 bridgehead atoms. The third-order valence-electron chi connectivity index (χ3n) is 5.31. The zero-order valence-electron chi connectivity index (χ0n) is 16.2. The maximum absolute atomic E-state index is 14.6. The van der Waals surface area contributed by atoms with Crippen LogP contribution in [0.1, 0.15) is 35.4 Å². The quantitative estimate of drug-likeness (QED) is 0.832. The van der Waals surface area contributed by atoms with E-state index in [1.54, 1.807) is 19.1 Å². The molecule has 0 unspecified atom stereocenters. The summed E-state index contributed by atoms with van der Waals surface area (Å²) in [5.74, 6) is -4.67. The third kappa shape index (κ3) is 3.79. The number of aromatic nitrogens is 2. The minimum atomic E-state index is -3.17. The molecule has 9 heteroatoms. The Morgan fingerprint density at radius 1 is 1.23 bits per heavy atom. The van der Waals surface area contributed by atoms with Gasteiger partial charge in [-0.25, -0.2) is 23.1 Å². The molecule has 1 aliphatic carbocycles. The van der Waals surface area contributed by atoms with Gasteiger partial charge in [0.25, 0.3) is 11.8 Å². The van der Waals surface area contributed by atoms with E-state index in [0.29, 0.717) is 5.69 Å². The molecule has 4 rings (SSSR count). The fourth-order valence-corrected chi connectivity index (χ4v) is 4.03.